The van der Waals surface area contributed by atoms with Crippen LogP contribution in [-0.4, -0.2) is 24.5 Å². The van der Waals surface area contributed by atoms with Crippen molar-refractivity contribution in [2.24, 2.45) is 11.3 Å². The summed E-state index contributed by atoms with van der Waals surface area (Å²) in [6.45, 7) is 7.53. The second-order valence-corrected chi connectivity index (χ2v) is 7.64. The fraction of sp³-hybridized carbons (Fsp3) is 0.611. The summed E-state index contributed by atoms with van der Waals surface area (Å²) >= 11 is 0. The van der Waals surface area contributed by atoms with E-state index in [0.717, 1.165) is 12.1 Å². The van der Waals surface area contributed by atoms with Gasteiger partial charge in [-0.3, -0.25) is 0 Å². The number of benzene rings is 1. The number of ether oxygens (including phenoxy) is 1. The maximum atomic E-state index is 12.9. The second kappa shape index (κ2) is 7.71. The van der Waals surface area contributed by atoms with Gasteiger partial charge in [0.2, 0.25) is 0 Å². The van der Waals surface area contributed by atoms with Crippen LogP contribution in [0.2, 0.25) is 0 Å². The lowest BCUT2D eigenvalue weighted by atomic mass is 9.78. The molecule has 29 heavy (non-hydrogen) atoms. The van der Waals surface area contributed by atoms with Crippen molar-refractivity contribution >= 4 is 5.97 Å². The van der Waals surface area contributed by atoms with Gasteiger partial charge < -0.3 is 4.74 Å². The zero-order valence-corrected chi connectivity index (χ0v) is 15.8. The monoisotopic (exact) mass is 438 g/mol. The van der Waals surface area contributed by atoms with Gasteiger partial charge in [-0.2, -0.15) is 39.5 Å². The van der Waals surface area contributed by atoms with Crippen molar-refractivity contribution in [2.45, 2.75) is 58.1 Å². The van der Waals surface area contributed by atoms with Gasteiger partial charge in [-0.05, 0) is 35.4 Å². The van der Waals surface area contributed by atoms with Gasteiger partial charge in [0.05, 0.1) is 0 Å². The van der Waals surface area contributed by atoms with E-state index in [2.05, 4.69) is 4.74 Å². The molecule has 0 saturated carbocycles. The Labute approximate surface area is 161 Å². The molecule has 0 bridgehead atoms. The van der Waals surface area contributed by atoms with Gasteiger partial charge in [-0.25, -0.2) is 4.79 Å². The highest BCUT2D eigenvalue weighted by atomic mass is 19.4. The summed E-state index contributed by atoms with van der Waals surface area (Å²) in [6.07, 6.45) is -20.4. The van der Waals surface area contributed by atoms with Crippen molar-refractivity contribution in [1.82, 2.24) is 0 Å². The molecule has 1 aromatic rings. The maximum absolute atomic E-state index is 12.9. The lowest BCUT2D eigenvalue weighted by Gasteiger charge is -2.36. The number of rotatable bonds is 5. The molecule has 0 aliphatic carbocycles. The third-order valence-corrected chi connectivity index (χ3v) is 4.35. The molecule has 1 aromatic carbocycles. The summed E-state index contributed by atoms with van der Waals surface area (Å²) in [7, 11) is 0. The van der Waals surface area contributed by atoms with Gasteiger partial charge in [0, 0.05) is 0 Å². The molecule has 0 heterocycles. The first-order valence-electron chi connectivity index (χ1n) is 8.30. The quantitative estimate of drug-likeness (QED) is 0.295. The van der Waals surface area contributed by atoms with Gasteiger partial charge >= 0.3 is 29.9 Å². The molecule has 11 heteroatoms. The molecular formula is C18H19F9O2. The van der Waals surface area contributed by atoms with Crippen molar-refractivity contribution in [3.8, 4) is 5.75 Å². The average molecular weight is 438 g/mol. The van der Waals surface area contributed by atoms with Crippen molar-refractivity contribution in [2.75, 3.05) is 0 Å². The van der Waals surface area contributed by atoms with E-state index in [0.29, 0.717) is 12.0 Å². The molecule has 0 radical (unpaired) electrons. The Morgan fingerprint density at radius 3 is 1.52 bits per heavy atom. The van der Waals surface area contributed by atoms with Crippen LogP contribution in [0, 0.1) is 11.3 Å². The maximum Gasteiger partial charge on any atom is 0.423 e. The molecule has 0 aromatic heterocycles. The van der Waals surface area contributed by atoms with Crippen LogP contribution < -0.4 is 4.74 Å². The molecule has 0 aliphatic rings. The van der Waals surface area contributed by atoms with Gasteiger partial charge in [0.15, 0.2) is 0 Å². The van der Waals surface area contributed by atoms with E-state index in [-0.39, 0.29) is 5.92 Å². The molecule has 0 aliphatic heterocycles. The number of halogens is 9. The van der Waals surface area contributed by atoms with E-state index >= 15 is 0 Å². The Kier molecular flexibility index (Phi) is 6.68. The van der Waals surface area contributed by atoms with Crippen molar-refractivity contribution in [1.29, 1.82) is 0 Å². The van der Waals surface area contributed by atoms with Crippen LogP contribution in [0.3, 0.4) is 0 Å². The first-order valence-corrected chi connectivity index (χ1v) is 8.30. The van der Waals surface area contributed by atoms with Crippen LogP contribution in [-0.2, 0) is 10.2 Å². The van der Waals surface area contributed by atoms with Crippen LogP contribution >= 0.6 is 0 Å². The summed E-state index contributed by atoms with van der Waals surface area (Å²) in [5.74, 6) is -4.13. The molecule has 0 atom stereocenters. The lowest BCUT2D eigenvalue weighted by molar-refractivity contribution is -0.410. The minimum atomic E-state index is -7.01. The molecule has 0 amide bonds. The van der Waals surface area contributed by atoms with Crippen LogP contribution in [0.5, 0.6) is 5.75 Å². The number of carbonyl (C=O) groups is 1. The van der Waals surface area contributed by atoms with Gasteiger partial charge in [-0.1, -0.05) is 39.8 Å². The topological polar surface area (TPSA) is 26.3 Å². The van der Waals surface area contributed by atoms with Crippen LogP contribution in [0.15, 0.2) is 24.3 Å². The zero-order valence-electron chi connectivity index (χ0n) is 15.8. The Morgan fingerprint density at radius 2 is 1.21 bits per heavy atom. The molecule has 0 unspecified atom stereocenters. The fourth-order valence-electron chi connectivity index (χ4n) is 3.13. The first-order chi connectivity index (χ1) is 12.8. The fourth-order valence-corrected chi connectivity index (χ4v) is 3.13. The standard InChI is InChI=1S/C18H19F9O2/c1-10(2)9-14(3,4)11-5-7-12(8-6-11)29-13(28)15(16(19,20)21,17(22,23)24)18(25,26)27/h5-8,10H,9H2,1-4H3. The minimum Gasteiger partial charge on any atom is -0.425 e. The number of alkyl halides is 9. The molecule has 166 valence electrons. The third kappa shape index (κ3) is 4.80. The normalized spacial score (nSPS) is 14.3. The summed E-state index contributed by atoms with van der Waals surface area (Å²) in [6, 6.07) is 4.23. The van der Waals surface area contributed by atoms with E-state index in [1.165, 1.54) is 12.1 Å². The molecule has 2 nitrogen and oxygen atoms in total. The molecule has 0 spiro atoms. The predicted octanol–water partition coefficient (Wildman–Crippen LogP) is 6.59. The minimum absolute atomic E-state index is 0.258. The summed E-state index contributed by atoms with van der Waals surface area (Å²) in [5, 5.41) is 0. The number of hydrogen-bond donors (Lipinski definition) is 0. The summed E-state index contributed by atoms with van der Waals surface area (Å²) in [4.78, 5) is 11.6. The molecule has 0 fully saturated rings. The average Bonchev–Trinajstić information content (AvgIpc) is 2.41. The Balaban J connectivity index is 3.33. The molecule has 1 rings (SSSR count). The Bertz CT molecular complexity index is 675. The van der Waals surface area contributed by atoms with Gasteiger partial charge in [0.1, 0.15) is 5.75 Å². The van der Waals surface area contributed by atoms with E-state index in [4.69, 9.17) is 0 Å². The lowest BCUT2D eigenvalue weighted by Crippen LogP contribution is -2.65. The molecular weight excluding hydrogens is 419 g/mol. The van der Waals surface area contributed by atoms with Crippen LogP contribution in [0.1, 0.15) is 39.7 Å². The molecule has 0 N–H and O–H groups in total. The van der Waals surface area contributed by atoms with E-state index in [1.54, 1.807) is 0 Å². The summed E-state index contributed by atoms with van der Waals surface area (Å²) in [5.41, 5.74) is -6.49. The predicted molar refractivity (Wildman–Crippen MR) is 85.2 cm³/mol. The smallest absolute Gasteiger partial charge is 0.423 e. The van der Waals surface area contributed by atoms with Crippen molar-refractivity contribution in [3.05, 3.63) is 29.8 Å². The Morgan fingerprint density at radius 1 is 0.828 bits per heavy atom. The van der Waals surface area contributed by atoms with Gasteiger partial charge in [0.25, 0.3) is 0 Å². The van der Waals surface area contributed by atoms with Crippen molar-refractivity contribution in [3.63, 3.8) is 0 Å². The number of esters is 1. The van der Waals surface area contributed by atoms with E-state index < -0.39 is 41.1 Å². The number of carbonyl (C=O) groups excluding carboxylic acids is 1. The zero-order chi connectivity index (χ0) is 23.1. The molecule has 0 saturated heterocycles. The largest absolute Gasteiger partial charge is 0.425 e. The van der Waals surface area contributed by atoms with Gasteiger partial charge in [-0.15, -0.1) is 0 Å². The highest BCUT2D eigenvalue weighted by molar-refractivity contribution is 5.82. The van der Waals surface area contributed by atoms with E-state index in [1.807, 2.05) is 27.7 Å². The van der Waals surface area contributed by atoms with E-state index in [9.17, 15) is 44.3 Å². The van der Waals surface area contributed by atoms with Crippen LogP contribution in [0.25, 0.3) is 0 Å². The Hall–Kier alpha value is -1.94. The highest BCUT2D eigenvalue weighted by Gasteiger charge is 2.89. The highest BCUT2D eigenvalue weighted by Crippen LogP contribution is 2.60. The summed E-state index contributed by atoms with van der Waals surface area (Å²) < 4.78 is 120. The SMILES string of the molecule is CC(C)CC(C)(C)c1ccc(OC(=O)C(C(F)(F)F)(C(F)(F)F)C(F)(F)F)cc1. The number of hydrogen-bond acceptors (Lipinski definition) is 2. The second-order valence-electron chi connectivity index (χ2n) is 7.64. The first kappa shape index (κ1) is 25.1. The third-order valence-electron chi connectivity index (χ3n) is 4.35. The van der Waals surface area contributed by atoms with Crippen molar-refractivity contribution < 1.29 is 49.0 Å². The van der Waals surface area contributed by atoms with Crippen LogP contribution in [0.4, 0.5) is 39.5 Å².